The molecule has 0 fully saturated rings. The van der Waals surface area contributed by atoms with Crippen molar-refractivity contribution in [3.63, 3.8) is 0 Å². The largest absolute Gasteiger partial charge is 0.269 e. The lowest BCUT2D eigenvalue weighted by Crippen LogP contribution is -2.36. The molecule has 6 nitrogen and oxygen atoms in total. The molecule has 0 heterocycles. The molecule has 0 aliphatic carbocycles. The first kappa shape index (κ1) is 18.6. The van der Waals surface area contributed by atoms with Crippen LogP contribution in [0.2, 0.25) is 0 Å². The van der Waals surface area contributed by atoms with Gasteiger partial charge in [-0.05, 0) is 24.0 Å². The number of non-ortho nitro benzene ring substituents is 1. The summed E-state index contributed by atoms with van der Waals surface area (Å²) in [4.78, 5) is 21.6. The van der Waals surface area contributed by atoms with Crippen LogP contribution < -0.4 is 0 Å². The van der Waals surface area contributed by atoms with Crippen LogP contribution in [0.3, 0.4) is 0 Å². The van der Waals surface area contributed by atoms with Crippen molar-refractivity contribution in [1.82, 2.24) is 0 Å². The first-order valence-corrected chi connectivity index (χ1v) is 8.36. The molecule has 0 aliphatic heterocycles. The second-order valence-corrected chi connectivity index (χ2v) is 6.15. The SMILES string of the molecule is CCC(CC)(c1ccc([N+](=O)[O-])cc1)C(C[N+](=O)[O-])c1ccccc1. The summed E-state index contributed by atoms with van der Waals surface area (Å²) in [5.41, 5.74) is 1.39. The van der Waals surface area contributed by atoms with E-state index < -0.39 is 10.3 Å². The molecule has 0 saturated carbocycles. The summed E-state index contributed by atoms with van der Waals surface area (Å²) in [6.45, 7) is 3.85. The lowest BCUT2D eigenvalue weighted by Gasteiger charge is -2.38. The number of benzene rings is 2. The fourth-order valence-corrected chi connectivity index (χ4v) is 3.70. The van der Waals surface area contributed by atoms with Crippen LogP contribution in [-0.2, 0) is 5.41 Å². The summed E-state index contributed by atoms with van der Waals surface area (Å²) in [5.74, 6) is -0.305. The molecule has 25 heavy (non-hydrogen) atoms. The zero-order chi connectivity index (χ0) is 18.4. The van der Waals surface area contributed by atoms with E-state index in [0.29, 0.717) is 12.8 Å². The Hall–Kier alpha value is -2.76. The third-order valence-corrected chi connectivity index (χ3v) is 5.12. The van der Waals surface area contributed by atoms with Gasteiger partial charge in [0.2, 0.25) is 6.54 Å². The molecule has 0 N–H and O–H groups in total. The van der Waals surface area contributed by atoms with E-state index in [4.69, 9.17) is 0 Å². The Balaban J connectivity index is 2.57. The molecular formula is C19H22N2O4. The highest BCUT2D eigenvalue weighted by atomic mass is 16.6. The van der Waals surface area contributed by atoms with Crippen molar-refractivity contribution in [3.8, 4) is 0 Å². The highest BCUT2D eigenvalue weighted by Gasteiger charge is 2.41. The van der Waals surface area contributed by atoms with Gasteiger partial charge in [0.25, 0.3) is 5.69 Å². The zero-order valence-corrected chi connectivity index (χ0v) is 14.4. The fourth-order valence-electron chi connectivity index (χ4n) is 3.70. The minimum absolute atomic E-state index is 0.0235. The number of hydrogen-bond acceptors (Lipinski definition) is 4. The molecule has 0 saturated heterocycles. The molecule has 0 aliphatic rings. The molecule has 1 atom stereocenters. The Labute approximate surface area is 146 Å². The molecule has 2 aromatic carbocycles. The molecular weight excluding hydrogens is 320 g/mol. The maximum atomic E-state index is 11.4. The summed E-state index contributed by atoms with van der Waals surface area (Å²) in [5, 5.41) is 22.3. The van der Waals surface area contributed by atoms with E-state index in [1.807, 2.05) is 44.2 Å². The van der Waals surface area contributed by atoms with Gasteiger partial charge in [-0.1, -0.05) is 56.3 Å². The van der Waals surface area contributed by atoms with Crippen LogP contribution in [-0.4, -0.2) is 16.4 Å². The van der Waals surface area contributed by atoms with Crippen molar-refractivity contribution < 1.29 is 9.85 Å². The molecule has 2 rings (SSSR count). The van der Waals surface area contributed by atoms with Crippen molar-refractivity contribution in [2.45, 2.75) is 38.0 Å². The Morgan fingerprint density at radius 2 is 1.48 bits per heavy atom. The monoisotopic (exact) mass is 342 g/mol. The van der Waals surface area contributed by atoms with Crippen molar-refractivity contribution in [3.05, 3.63) is 86.0 Å². The third-order valence-electron chi connectivity index (χ3n) is 5.12. The highest BCUT2D eigenvalue weighted by Crippen LogP contribution is 2.45. The Morgan fingerprint density at radius 3 is 1.92 bits per heavy atom. The first-order valence-electron chi connectivity index (χ1n) is 8.36. The molecule has 0 spiro atoms. The molecule has 0 bridgehead atoms. The van der Waals surface area contributed by atoms with Gasteiger partial charge in [0.1, 0.15) is 0 Å². The van der Waals surface area contributed by atoms with E-state index in [0.717, 1.165) is 11.1 Å². The second-order valence-electron chi connectivity index (χ2n) is 6.15. The van der Waals surface area contributed by atoms with Crippen LogP contribution in [0.4, 0.5) is 5.69 Å². The summed E-state index contributed by atoms with van der Waals surface area (Å²) in [6, 6.07) is 15.9. The van der Waals surface area contributed by atoms with Crippen LogP contribution in [0.1, 0.15) is 43.7 Å². The van der Waals surface area contributed by atoms with E-state index >= 15 is 0 Å². The van der Waals surface area contributed by atoms with Crippen LogP contribution in [0.15, 0.2) is 54.6 Å². The van der Waals surface area contributed by atoms with Crippen LogP contribution in [0.25, 0.3) is 0 Å². The lowest BCUT2D eigenvalue weighted by molar-refractivity contribution is -0.485. The van der Waals surface area contributed by atoms with Gasteiger partial charge in [0, 0.05) is 22.5 Å². The summed E-state index contributed by atoms with van der Waals surface area (Å²) in [6.07, 6.45) is 1.41. The smallest absolute Gasteiger partial charge is 0.265 e. The van der Waals surface area contributed by atoms with E-state index in [-0.39, 0.29) is 23.1 Å². The Kier molecular flexibility index (Phi) is 5.85. The second kappa shape index (κ2) is 7.88. The predicted octanol–water partition coefficient (Wildman–Crippen LogP) is 4.71. The molecule has 2 aromatic rings. The van der Waals surface area contributed by atoms with Gasteiger partial charge in [-0.25, -0.2) is 0 Å². The molecule has 132 valence electrons. The minimum Gasteiger partial charge on any atom is -0.265 e. The van der Waals surface area contributed by atoms with Crippen molar-refractivity contribution in [2.75, 3.05) is 6.54 Å². The molecule has 0 radical (unpaired) electrons. The standard InChI is InChI=1S/C19H22N2O4/c1-3-19(4-2,16-10-12-17(13-11-16)21(24)25)18(14-20(22)23)15-8-6-5-7-9-15/h5-13,18H,3-4,14H2,1-2H3. The van der Waals surface area contributed by atoms with E-state index in [9.17, 15) is 20.2 Å². The maximum Gasteiger partial charge on any atom is 0.269 e. The highest BCUT2D eigenvalue weighted by molar-refractivity contribution is 5.39. The predicted molar refractivity (Wildman–Crippen MR) is 96.4 cm³/mol. The van der Waals surface area contributed by atoms with E-state index in [1.54, 1.807) is 12.1 Å². The third kappa shape index (κ3) is 3.84. The van der Waals surface area contributed by atoms with E-state index in [2.05, 4.69) is 0 Å². The maximum absolute atomic E-state index is 11.4. The number of rotatable bonds is 8. The van der Waals surface area contributed by atoms with E-state index in [1.165, 1.54) is 12.1 Å². The quantitative estimate of drug-likeness (QED) is 0.513. The average molecular weight is 342 g/mol. The van der Waals surface area contributed by atoms with Crippen LogP contribution in [0.5, 0.6) is 0 Å². The molecule has 0 amide bonds. The topological polar surface area (TPSA) is 86.3 Å². The molecule has 1 unspecified atom stereocenters. The van der Waals surface area contributed by atoms with Gasteiger partial charge >= 0.3 is 0 Å². The van der Waals surface area contributed by atoms with Gasteiger partial charge < -0.3 is 0 Å². The van der Waals surface area contributed by atoms with Crippen LogP contribution in [0, 0.1) is 20.2 Å². The lowest BCUT2D eigenvalue weighted by atomic mass is 9.64. The minimum atomic E-state index is -0.455. The normalized spacial score (nSPS) is 12.6. The summed E-state index contributed by atoms with van der Waals surface area (Å²) < 4.78 is 0. The van der Waals surface area contributed by atoms with Crippen LogP contribution >= 0.6 is 0 Å². The van der Waals surface area contributed by atoms with Crippen molar-refractivity contribution >= 4 is 5.69 Å². The number of nitrogens with zero attached hydrogens (tertiary/aromatic N) is 2. The van der Waals surface area contributed by atoms with Crippen molar-refractivity contribution in [1.29, 1.82) is 0 Å². The Bertz CT molecular complexity index is 725. The van der Waals surface area contributed by atoms with Gasteiger partial charge in [0.15, 0.2) is 0 Å². The molecule has 6 heteroatoms. The van der Waals surface area contributed by atoms with Gasteiger partial charge in [-0.2, -0.15) is 0 Å². The summed E-state index contributed by atoms with van der Waals surface area (Å²) >= 11 is 0. The molecule has 0 aromatic heterocycles. The summed E-state index contributed by atoms with van der Waals surface area (Å²) in [7, 11) is 0. The van der Waals surface area contributed by atoms with Gasteiger partial charge in [-0.3, -0.25) is 20.2 Å². The first-order chi connectivity index (χ1) is 11.9. The van der Waals surface area contributed by atoms with Crippen molar-refractivity contribution in [2.24, 2.45) is 0 Å². The van der Waals surface area contributed by atoms with Gasteiger partial charge in [-0.15, -0.1) is 0 Å². The van der Waals surface area contributed by atoms with Gasteiger partial charge in [0.05, 0.1) is 10.8 Å². The number of nitro benzene ring substituents is 1. The fraction of sp³-hybridized carbons (Fsp3) is 0.368. The average Bonchev–Trinajstić information content (AvgIpc) is 2.63. The Morgan fingerprint density at radius 1 is 0.920 bits per heavy atom. The number of nitro groups is 2. The zero-order valence-electron chi connectivity index (χ0n) is 14.4. The number of hydrogen-bond donors (Lipinski definition) is 0.